The van der Waals surface area contributed by atoms with Crippen LogP contribution < -0.4 is 4.90 Å². The molecule has 0 unspecified atom stereocenters. The van der Waals surface area contributed by atoms with Crippen LogP contribution in [0, 0.1) is 20.8 Å². The van der Waals surface area contributed by atoms with E-state index in [9.17, 15) is 9.59 Å². The van der Waals surface area contributed by atoms with Crippen LogP contribution in [0.1, 0.15) is 23.4 Å². The van der Waals surface area contributed by atoms with Gasteiger partial charge in [-0.1, -0.05) is 29.5 Å². The summed E-state index contributed by atoms with van der Waals surface area (Å²) in [7, 11) is 0. The van der Waals surface area contributed by atoms with E-state index in [0.717, 1.165) is 17.0 Å². The predicted molar refractivity (Wildman–Crippen MR) is 98.2 cm³/mol. The maximum absolute atomic E-state index is 12.8. The summed E-state index contributed by atoms with van der Waals surface area (Å²) in [5, 5.41) is 8.30. The average molecular weight is 367 g/mol. The Hall–Kier alpha value is -2.74. The van der Waals surface area contributed by atoms with Gasteiger partial charge in [-0.2, -0.15) is 0 Å². The van der Waals surface area contributed by atoms with Gasteiger partial charge < -0.3 is 0 Å². The van der Waals surface area contributed by atoms with Gasteiger partial charge in [0.1, 0.15) is 5.25 Å². The fourth-order valence-corrected chi connectivity index (χ4v) is 4.17. The number of hydrogen-bond acceptors (Lipinski definition) is 6. The Kier molecular flexibility index (Phi) is 3.99. The van der Waals surface area contributed by atoms with Crippen molar-refractivity contribution in [3.8, 4) is 0 Å². The summed E-state index contributed by atoms with van der Waals surface area (Å²) in [5.41, 5.74) is 3.48. The second kappa shape index (κ2) is 6.21. The van der Waals surface area contributed by atoms with Crippen molar-refractivity contribution >= 4 is 35.0 Å². The highest BCUT2D eigenvalue weighted by Gasteiger charge is 2.41. The molecule has 0 bridgehead atoms. The van der Waals surface area contributed by atoms with Gasteiger partial charge in [0, 0.05) is 17.8 Å². The van der Waals surface area contributed by atoms with Crippen molar-refractivity contribution in [1.29, 1.82) is 0 Å². The van der Waals surface area contributed by atoms with E-state index in [4.69, 9.17) is 0 Å². The van der Waals surface area contributed by atoms with Gasteiger partial charge in [0.25, 0.3) is 5.78 Å². The molecule has 8 heteroatoms. The number of hydrogen-bond donors (Lipinski definition) is 0. The maximum atomic E-state index is 12.8. The van der Waals surface area contributed by atoms with Gasteiger partial charge in [-0.25, -0.2) is 9.88 Å². The molecule has 0 radical (unpaired) electrons. The van der Waals surface area contributed by atoms with E-state index in [1.807, 2.05) is 43.4 Å². The quantitative estimate of drug-likeness (QED) is 0.662. The smallest absolute Gasteiger partial charge is 0.256 e. The lowest BCUT2D eigenvalue weighted by Gasteiger charge is -2.15. The lowest BCUT2D eigenvalue weighted by Crippen LogP contribution is -2.31. The molecule has 7 nitrogen and oxygen atoms in total. The molecule has 1 aromatic carbocycles. The molecule has 0 saturated carbocycles. The van der Waals surface area contributed by atoms with Crippen LogP contribution in [0.15, 0.2) is 35.5 Å². The molecule has 0 aliphatic carbocycles. The zero-order valence-electron chi connectivity index (χ0n) is 14.6. The minimum atomic E-state index is -0.517. The Morgan fingerprint density at radius 3 is 2.54 bits per heavy atom. The summed E-state index contributed by atoms with van der Waals surface area (Å²) in [6.45, 7) is 5.80. The second-order valence-electron chi connectivity index (χ2n) is 6.37. The molecule has 1 aliphatic rings. The fourth-order valence-electron chi connectivity index (χ4n) is 3.07. The first kappa shape index (κ1) is 16.7. The van der Waals surface area contributed by atoms with Crippen molar-refractivity contribution in [2.75, 3.05) is 4.90 Å². The van der Waals surface area contributed by atoms with Crippen molar-refractivity contribution in [2.24, 2.45) is 0 Å². The van der Waals surface area contributed by atoms with E-state index >= 15 is 0 Å². The normalized spacial score (nSPS) is 17.5. The zero-order valence-corrected chi connectivity index (χ0v) is 15.4. The molecule has 3 heterocycles. The van der Waals surface area contributed by atoms with Crippen molar-refractivity contribution < 1.29 is 9.59 Å². The van der Waals surface area contributed by atoms with Crippen LogP contribution in [-0.2, 0) is 9.59 Å². The number of thioether (sulfide) groups is 1. The van der Waals surface area contributed by atoms with E-state index in [1.54, 1.807) is 12.1 Å². The van der Waals surface area contributed by atoms with E-state index in [0.29, 0.717) is 16.6 Å². The number of carbonyl (C=O) groups is 2. The van der Waals surface area contributed by atoms with E-state index < -0.39 is 5.25 Å². The van der Waals surface area contributed by atoms with Crippen molar-refractivity contribution in [3.05, 3.63) is 47.3 Å². The van der Waals surface area contributed by atoms with E-state index in [1.165, 1.54) is 16.7 Å². The van der Waals surface area contributed by atoms with E-state index in [2.05, 4.69) is 15.2 Å². The van der Waals surface area contributed by atoms with Crippen molar-refractivity contribution in [2.45, 2.75) is 37.6 Å². The molecule has 3 aromatic rings. The number of carbonyl (C=O) groups excluding carboxylic acids is 2. The van der Waals surface area contributed by atoms with Crippen LogP contribution >= 0.6 is 11.8 Å². The Balaban J connectivity index is 1.63. The van der Waals surface area contributed by atoms with Crippen LogP contribution in [0.25, 0.3) is 5.78 Å². The molecule has 2 amide bonds. The Bertz CT molecular complexity index is 1030. The van der Waals surface area contributed by atoms with Crippen LogP contribution in [0.5, 0.6) is 0 Å². The van der Waals surface area contributed by atoms with Crippen LogP contribution in [0.2, 0.25) is 0 Å². The summed E-state index contributed by atoms with van der Waals surface area (Å²) in [5.74, 6) is 0.0753. The summed E-state index contributed by atoms with van der Waals surface area (Å²) in [6, 6.07) is 9.29. The number of rotatable bonds is 3. The zero-order chi connectivity index (χ0) is 18.4. The number of benzene rings is 1. The number of amides is 2. The molecule has 26 heavy (non-hydrogen) atoms. The minimum absolute atomic E-state index is 0.143. The summed E-state index contributed by atoms with van der Waals surface area (Å²) >= 11 is 1.26. The minimum Gasteiger partial charge on any atom is -0.274 e. The number of imide groups is 1. The standard InChI is InChI=1S/C18H17N5O2S/c1-10-4-6-13(7-5-10)23-15(24)9-14(16(23)25)26-18-21-20-17-19-11(2)8-12(3)22(17)18/h4-8,14H,9H2,1-3H3/t14-/m1/s1. The third-order valence-electron chi connectivity index (χ3n) is 4.31. The van der Waals surface area contributed by atoms with Crippen LogP contribution in [0.3, 0.4) is 0 Å². The molecular formula is C18H17N5O2S. The lowest BCUT2D eigenvalue weighted by molar-refractivity contribution is -0.121. The van der Waals surface area contributed by atoms with Crippen molar-refractivity contribution in [3.63, 3.8) is 0 Å². The molecule has 2 aromatic heterocycles. The Morgan fingerprint density at radius 1 is 1.08 bits per heavy atom. The van der Waals surface area contributed by atoms with Crippen LogP contribution in [0.4, 0.5) is 5.69 Å². The van der Waals surface area contributed by atoms with E-state index in [-0.39, 0.29) is 18.2 Å². The predicted octanol–water partition coefficient (Wildman–Crippen LogP) is 2.47. The maximum Gasteiger partial charge on any atom is 0.256 e. The third kappa shape index (κ3) is 2.76. The molecule has 0 spiro atoms. The highest BCUT2D eigenvalue weighted by molar-refractivity contribution is 8.00. The highest BCUT2D eigenvalue weighted by Crippen LogP contribution is 2.33. The topological polar surface area (TPSA) is 80.5 Å². The number of fused-ring (bicyclic) bond motifs is 1. The van der Waals surface area contributed by atoms with Gasteiger partial charge in [0.05, 0.1) is 5.69 Å². The summed E-state index contributed by atoms with van der Waals surface area (Å²) in [6.07, 6.45) is 0.143. The second-order valence-corrected chi connectivity index (χ2v) is 7.54. The molecule has 1 aliphatic heterocycles. The molecule has 1 saturated heterocycles. The van der Waals surface area contributed by atoms with Crippen molar-refractivity contribution in [1.82, 2.24) is 19.6 Å². The first-order valence-corrected chi connectivity index (χ1v) is 9.11. The largest absolute Gasteiger partial charge is 0.274 e. The molecule has 1 atom stereocenters. The van der Waals surface area contributed by atoms with Gasteiger partial charge >= 0.3 is 0 Å². The SMILES string of the molecule is Cc1ccc(N2C(=O)C[C@@H](Sc3nnc4nc(C)cc(C)n34)C2=O)cc1. The molecule has 1 fully saturated rings. The molecule has 4 rings (SSSR count). The van der Waals surface area contributed by atoms with Gasteiger partial charge in [0.15, 0.2) is 5.16 Å². The molecule has 132 valence electrons. The summed E-state index contributed by atoms with van der Waals surface area (Å²) < 4.78 is 1.81. The van der Waals surface area contributed by atoms with Gasteiger partial charge in [-0.15, -0.1) is 10.2 Å². The highest BCUT2D eigenvalue weighted by atomic mass is 32.2. The average Bonchev–Trinajstić information content (AvgIpc) is 3.10. The Labute approximate surface area is 154 Å². The summed E-state index contributed by atoms with van der Waals surface area (Å²) in [4.78, 5) is 30.8. The van der Waals surface area contributed by atoms with Gasteiger partial charge in [-0.3, -0.25) is 14.0 Å². The van der Waals surface area contributed by atoms with Crippen LogP contribution in [-0.4, -0.2) is 36.6 Å². The molecular weight excluding hydrogens is 350 g/mol. The Morgan fingerprint density at radius 2 is 1.81 bits per heavy atom. The monoisotopic (exact) mass is 367 g/mol. The first-order chi connectivity index (χ1) is 12.4. The molecule has 0 N–H and O–H groups in total. The number of aromatic nitrogens is 4. The van der Waals surface area contributed by atoms with Gasteiger partial charge in [0.2, 0.25) is 11.8 Å². The number of nitrogens with zero attached hydrogens (tertiary/aromatic N) is 5. The fraction of sp³-hybridized carbons (Fsp3) is 0.278. The third-order valence-corrected chi connectivity index (χ3v) is 5.44. The first-order valence-electron chi connectivity index (χ1n) is 8.23. The number of aryl methyl sites for hydroxylation is 3. The van der Waals surface area contributed by atoms with Gasteiger partial charge in [-0.05, 0) is 39.0 Å². The number of anilines is 1. The lowest BCUT2D eigenvalue weighted by atomic mass is 10.2.